The van der Waals surface area contributed by atoms with Crippen molar-refractivity contribution in [2.75, 3.05) is 4.72 Å². The van der Waals surface area contributed by atoms with Crippen molar-refractivity contribution in [3.05, 3.63) is 28.8 Å². The zero-order chi connectivity index (χ0) is 12.3. The topological polar surface area (TPSA) is 58.2 Å². The van der Waals surface area contributed by atoms with Crippen LogP contribution < -0.4 is 9.44 Å². The molecule has 0 radical (unpaired) electrons. The largest absolute Gasteiger partial charge is 0.299 e. The lowest BCUT2D eigenvalue weighted by Crippen LogP contribution is -2.35. The highest BCUT2D eigenvalue weighted by Crippen LogP contribution is 2.20. The number of nitrogens with one attached hydrogen (secondary N) is 2. The van der Waals surface area contributed by atoms with Gasteiger partial charge in [-0.2, -0.15) is 13.1 Å². The highest BCUT2D eigenvalue weighted by Gasteiger charge is 2.12. The van der Waals surface area contributed by atoms with Crippen molar-refractivity contribution in [2.45, 2.75) is 26.8 Å². The number of hydrogen-bond acceptors (Lipinski definition) is 2. The molecule has 16 heavy (non-hydrogen) atoms. The molecule has 0 atom stereocenters. The molecule has 1 aromatic carbocycles. The van der Waals surface area contributed by atoms with Gasteiger partial charge < -0.3 is 0 Å². The Morgan fingerprint density at radius 3 is 2.44 bits per heavy atom. The lowest BCUT2D eigenvalue weighted by Gasteiger charge is -2.13. The summed E-state index contributed by atoms with van der Waals surface area (Å²) in [5, 5.41) is 0.581. The van der Waals surface area contributed by atoms with Gasteiger partial charge in [-0.15, -0.1) is 0 Å². The normalized spacial score (nSPS) is 11.8. The number of benzene rings is 1. The maximum Gasteiger partial charge on any atom is 0.299 e. The van der Waals surface area contributed by atoms with Crippen molar-refractivity contribution in [3.63, 3.8) is 0 Å². The summed E-state index contributed by atoms with van der Waals surface area (Å²) in [6.07, 6.45) is 0. The molecule has 0 bridgehead atoms. The molecule has 90 valence electrons. The highest BCUT2D eigenvalue weighted by molar-refractivity contribution is 7.90. The standard InChI is InChI=1S/C10H15ClN2O2S/c1-7(2)12-16(14,15)13-10-5-4-9(11)6-8(10)3/h4-7,12-13H,1-3H3. The number of aryl methyl sites for hydroxylation is 1. The van der Waals surface area contributed by atoms with Crippen molar-refractivity contribution < 1.29 is 8.42 Å². The lowest BCUT2D eigenvalue weighted by atomic mass is 10.2. The Kier molecular flexibility index (Phi) is 4.18. The van der Waals surface area contributed by atoms with Gasteiger partial charge in [-0.1, -0.05) is 11.6 Å². The minimum Gasteiger partial charge on any atom is -0.271 e. The van der Waals surface area contributed by atoms with Crippen molar-refractivity contribution in [1.29, 1.82) is 0 Å². The molecule has 0 aliphatic carbocycles. The summed E-state index contributed by atoms with van der Waals surface area (Å²) < 4.78 is 28.1. The van der Waals surface area contributed by atoms with E-state index < -0.39 is 10.2 Å². The van der Waals surface area contributed by atoms with Crippen LogP contribution in [0.1, 0.15) is 19.4 Å². The predicted molar refractivity (Wildman–Crippen MR) is 67.0 cm³/mol. The first-order valence-electron chi connectivity index (χ1n) is 4.86. The van der Waals surface area contributed by atoms with Crippen LogP contribution in [0.25, 0.3) is 0 Å². The smallest absolute Gasteiger partial charge is 0.271 e. The van der Waals surface area contributed by atoms with Gasteiger partial charge in [0.2, 0.25) is 0 Å². The van der Waals surface area contributed by atoms with Crippen LogP contribution in [-0.2, 0) is 10.2 Å². The molecule has 1 rings (SSSR count). The molecule has 0 fully saturated rings. The molecule has 0 amide bonds. The number of hydrogen-bond donors (Lipinski definition) is 2. The molecule has 0 aliphatic heterocycles. The summed E-state index contributed by atoms with van der Waals surface area (Å²) in [5.74, 6) is 0. The van der Waals surface area contributed by atoms with E-state index in [1.807, 2.05) is 0 Å². The van der Waals surface area contributed by atoms with Crippen molar-refractivity contribution in [2.24, 2.45) is 0 Å². The summed E-state index contributed by atoms with van der Waals surface area (Å²) in [4.78, 5) is 0. The first-order chi connectivity index (χ1) is 7.30. The first-order valence-corrected chi connectivity index (χ1v) is 6.72. The van der Waals surface area contributed by atoms with Crippen LogP contribution in [-0.4, -0.2) is 14.5 Å². The van der Waals surface area contributed by atoms with E-state index in [9.17, 15) is 8.42 Å². The van der Waals surface area contributed by atoms with E-state index in [-0.39, 0.29) is 6.04 Å². The predicted octanol–water partition coefficient (Wildman–Crippen LogP) is 2.30. The Morgan fingerprint density at radius 2 is 1.94 bits per heavy atom. The van der Waals surface area contributed by atoms with E-state index in [0.717, 1.165) is 5.56 Å². The Bertz CT molecular complexity index is 472. The molecule has 6 heteroatoms. The number of anilines is 1. The second-order valence-electron chi connectivity index (χ2n) is 3.84. The summed E-state index contributed by atoms with van der Waals surface area (Å²) in [5.41, 5.74) is 1.30. The molecule has 4 nitrogen and oxygen atoms in total. The van der Waals surface area contributed by atoms with Crippen molar-refractivity contribution in [3.8, 4) is 0 Å². The quantitative estimate of drug-likeness (QED) is 0.875. The SMILES string of the molecule is Cc1cc(Cl)ccc1NS(=O)(=O)NC(C)C. The van der Waals surface area contributed by atoms with Gasteiger partial charge in [0.05, 0.1) is 5.69 Å². The first kappa shape index (κ1) is 13.3. The molecule has 0 unspecified atom stereocenters. The molecule has 0 saturated carbocycles. The van der Waals surface area contributed by atoms with Gasteiger partial charge in [0, 0.05) is 11.1 Å². The van der Waals surface area contributed by atoms with Crippen LogP contribution >= 0.6 is 11.6 Å². The van der Waals surface area contributed by atoms with E-state index in [1.165, 1.54) is 0 Å². The molecule has 0 spiro atoms. The molecule has 2 N–H and O–H groups in total. The summed E-state index contributed by atoms with van der Waals surface area (Å²) in [6.45, 7) is 5.31. The summed E-state index contributed by atoms with van der Waals surface area (Å²) in [6, 6.07) is 4.83. The van der Waals surface area contributed by atoms with Crippen LogP contribution in [0.3, 0.4) is 0 Å². The van der Waals surface area contributed by atoms with Crippen molar-refractivity contribution in [1.82, 2.24) is 4.72 Å². The fraction of sp³-hybridized carbons (Fsp3) is 0.400. The third kappa shape index (κ3) is 4.00. The van der Waals surface area contributed by atoms with Crippen molar-refractivity contribution >= 4 is 27.5 Å². The van der Waals surface area contributed by atoms with Gasteiger partial charge in [-0.05, 0) is 44.5 Å². The maximum atomic E-state index is 11.6. The van der Waals surface area contributed by atoms with E-state index in [1.54, 1.807) is 39.0 Å². The number of rotatable bonds is 4. The van der Waals surface area contributed by atoms with E-state index in [4.69, 9.17) is 11.6 Å². The van der Waals surface area contributed by atoms with Crippen LogP contribution in [0.15, 0.2) is 18.2 Å². The molecule has 0 aliphatic rings. The van der Waals surface area contributed by atoms with Gasteiger partial charge in [0.15, 0.2) is 0 Å². The average molecular weight is 263 g/mol. The highest BCUT2D eigenvalue weighted by atomic mass is 35.5. The molecule has 0 aromatic heterocycles. The van der Waals surface area contributed by atoms with E-state index >= 15 is 0 Å². The Labute approximate surface area is 101 Å². The van der Waals surface area contributed by atoms with Crippen LogP contribution in [0.2, 0.25) is 5.02 Å². The molecule has 0 heterocycles. The minimum atomic E-state index is -3.51. The minimum absolute atomic E-state index is 0.148. The van der Waals surface area contributed by atoms with Gasteiger partial charge in [-0.3, -0.25) is 4.72 Å². The fourth-order valence-electron chi connectivity index (χ4n) is 1.23. The monoisotopic (exact) mass is 262 g/mol. The zero-order valence-electron chi connectivity index (χ0n) is 9.41. The van der Waals surface area contributed by atoms with Crippen LogP contribution in [0.5, 0.6) is 0 Å². The molecular weight excluding hydrogens is 248 g/mol. The second-order valence-corrected chi connectivity index (χ2v) is 5.72. The zero-order valence-corrected chi connectivity index (χ0v) is 11.0. The van der Waals surface area contributed by atoms with Gasteiger partial charge >= 0.3 is 0 Å². The Balaban J connectivity index is 2.88. The summed E-state index contributed by atoms with van der Waals surface area (Å²) >= 11 is 5.78. The summed E-state index contributed by atoms with van der Waals surface area (Å²) in [7, 11) is -3.51. The van der Waals surface area contributed by atoms with E-state index in [0.29, 0.717) is 10.7 Å². The van der Waals surface area contributed by atoms with Crippen LogP contribution in [0.4, 0.5) is 5.69 Å². The van der Waals surface area contributed by atoms with Gasteiger partial charge in [0.25, 0.3) is 10.2 Å². The number of halogens is 1. The molecule has 0 saturated heterocycles. The fourth-order valence-corrected chi connectivity index (χ4v) is 2.65. The molecule has 1 aromatic rings. The average Bonchev–Trinajstić information content (AvgIpc) is 2.07. The maximum absolute atomic E-state index is 11.6. The third-order valence-electron chi connectivity index (χ3n) is 1.82. The van der Waals surface area contributed by atoms with E-state index in [2.05, 4.69) is 9.44 Å². The lowest BCUT2D eigenvalue weighted by molar-refractivity contribution is 0.575. The third-order valence-corrected chi connectivity index (χ3v) is 3.33. The van der Waals surface area contributed by atoms with Crippen LogP contribution in [0, 0.1) is 6.92 Å². The molecular formula is C10H15ClN2O2S. The van der Waals surface area contributed by atoms with Gasteiger partial charge in [0.1, 0.15) is 0 Å². The van der Waals surface area contributed by atoms with Gasteiger partial charge in [-0.25, -0.2) is 0 Å². The Hall–Kier alpha value is -0.780. The Morgan fingerprint density at radius 1 is 1.31 bits per heavy atom. The second kappa shape index (κ2) is 5.03.